The number of hydrogen-bond donors (Lipinski definition) is 2. The van der Waals surface area contributed by atoms with Crippen LogP contribution in [0.1, 0.15) is 32.1 Å². The Morgan fingerprint density at radius 3 is 1.49 bits per heavy atom. The molecule has 4 aromatic carbocycles. The summed E-state index contributed by atoms with van der Waals surface area (Å²) in [5.74, 6) is 2.44. The third kappa shape index (κ3) is 10.9. The Morgan fingerprint density at radius 1 is 0.576 bits per heavy atom. The summed E-state index contributed by atoms with van der Waals surface area (Å²) in [6, 6.07) is 16.1. The van der Waals surface area contributed by atoms with Crippen molar-refractivity contribution in [2.75, 3.05) is 77.3 Å². The van der Waals surface area contributed by atoms with Gasteiger partial charge in [-0.1, -0.05) is 23.2 Å². The predicted octanol–water partition coefficient (Wildman–Crippen LogP) is 9.69. The van der Waals surface area contributed by atoms with Gasteiger partial charge in [0.15, 0.2) is 23.0 Å². The van der Waals surface area contributed by atoms with Crippen LogP contribution in [-0.2, 0) is 0 Å². The van der Waals surface area contributed by atoms with Crippen LogP contribution in [0.25, 0.3) is 21.8 Å². The van der Waals surface area contributed by atoms with Gasteiger partial charge in [0.25, 0.3) is 0 Å². The minimum atomic E-state index is -0.460. The lowest BCUT2D eigenvalue weighted by molar-refractivity contribution is 0.230. The molecule has 6 aromatic rings. The van der Waals surface area contributed by atoms with Crippen LogP contribution in [0.5, 0.6) is 23.0 Å². The van der Waals surface area contributed by atoms with E-state index in [1.54, 1.807) is 50.6 Å². The molecule has 0 unspecified atom stereocenters. The van der Waals surface area contributed by atoms with Gasteiger partial charge in [-0.15, -0.1) is 0 Å². The van der Waals surface area contributed by atoms with Gasteiger partial charge < -0.3 is 34.5 Å². The second-order valence-corrected chi connectivity index (χ2v) is 15.0. The highest BCUT2D eigenvalue weighted by molar-refractivity contribution is 6.31. The lowest BCUT2D eigenvalue weighted by atomic mass is 10.2. The largest absolute Gasteiger partial charge is 0.493 e. The monoisotopic (exact) mass is 846 g/mol. The molecule has 59 heavy (non-hydrogen) atoms. The Hall–Kier alpha value is -5.28. The van der Waals surface area contributed by atoms with Crippen LogP contribution in [-0.4, -0.2) is 96.4 Å². The Labute approximate surface area is 351 Å². The van der Waals surface area contributed by atoms with Crippen LogP contribution in [0, 0.1) is 11.6 Å². The third-order valence-corrected chi connectivity index (χ3v) is 10.6. The number of aromatic nitrogens is 4. The van der Waals surface area contributed by atoms with Gasteiger partial charge in [0, 0.05) is 46.0 Å². The van der Waals surface area contributed by atoms with Gasteiger partial charge in [-0.3, -0.25) is 4.90 Å². The van der Waals surface area contributed by atoms with Gasteiger partial charge in [-0.25, -0.2) is 28.7 Å². The zero-order valence-corrected chi connectivity index (χ0v) is 34.5. The van der Waals surface area contributed by atoms with Crippen molar-refractivity contribution in [1.29, 1.82) is 0 Å². The number of rotatable bonds is 15. The van der Waals surface area contributed by atoms with Crippen LogP contribution in [0.3, 0.4) is 0 Å². The molecule has 0 spiro atoms. The molecule has 0 radical (unpaired) electrons. The van der Waals surface area contributed by atoms with Gasteiger partial charge in [0.2, 0.25) is 0 Å². The summed E-state index contributed by atoms with van der Waals surface area (Å²) in [6.07, 6.45) is 8.89. The lowest BCUT2D eigenvalue weighted by Gasteiger charge is -2.17. The van der Waals surface area contributed by atoms with Gasteiger partial charge in [-0.05, 0) is 107 Å². The molecule has 0 atom stereocenters. The van der Waals surface area contributed by atoms with Crippen molar-refractivity contribution in [3.8, 4) is 23.0 Å². The summed E-state index contributed by atoms with van der Waals surface area (Å²) in [4.78, 5) is 22.0. The Balaban J connectivity index is 0.000000179. The Bertz CT molecular complexity index is 2370. The second-order valence-electron chi connectivity index (χ2n) is 14.1. The number of ether oxygens (including phenoxy) is 4. The molecule has 0 amide bonds. The van der Waals surface area contributed by atoms with E-state index in [2.05, 4.69) is 40.4 Å². The minimum absolute atomic E-state index is 0.277. The first-order valence-electron chi connectivity index (χ1n) is 19.6. The van der Waals surface area contributed by atoms with E-state index in [-0.39, 0.29) is 11.4 Å². The van der Waals surface area contributed by atoms with Crippen molar-refractivity contribution in [3.05, 3.63) is 95.0 Å². The Morgan fingerprint density at radius 2 is 1.03 bits per heavy atom. The van der Waals surface area contributed by atoms with Crippen molar-refractivity contribution in [2.24, 2.45) is 0 Å². The fraction of sp³-hybridized carbons (Fsp3) is 0.349. The normalized spacial score (nSPS) is 14.3. The van der Waals surface area contributed by atoms with E-state index in [0.29, 0.717) is 79.7 Å². The number of halogens is 4. The maximum atomic E-state index is 14.2. The molecule has 0 saturated carbocycles. The number of methoxy groups -OCH3 is 2. The molecule has 2 aliphatic rings. The molecule has 2 fully saturated rings. The first-order valence-corrected chi connectivity index (χ1v) is 20.3. The molecule has 2 aliphatic heterocycles. The van der Waals surface area contributed by atoms with Crippen molar-refractivity contribution < 1.29 is 27.7 Å². The predicted molar refractivity (Wildman–Crippen MR) is 229 cm³/mol. The van der Waals surface area contributed by atoms with Gasteiger partial charge >= 0.3 is 0 Å². The molecule has 2 saturated heterocycles. The second kappa shape index (κ2) is 20.1. The first kappa shape index (κ1) is 41.9. The topological polar surface area (TPSA) is 119 Å². The molecular weight excluding hydrogens is 801 g/mol. The van der Waals surface area contributed by atoms with Crippen LogP contribution < -0.4 is 29.6 Å². The molecule has 16 heteroatoms. The molecule has 2 N–H and O–H groups in total. The highest BCUT2D eigenvalue weighted by Gasteiger charge is 2.17. The van der Waals surface area contributed by atoms with E-state index < -0.39 is 11.6 Å². The minimum Gasteiger partial charge on any atom is -0.493 e. The fourth-order valence-corrected chi connectivity index (χ4v) is 7.39. The summed E-state index contributed by atoms with van der Waals surface area (Å²) in [6.45, 7) is 7.72. The van der Waals surface area contributed by atoms with E-state index in [1.807, 2.05) is 12.1 Å². The molecule has 8 rings (SSSR count). The van der Waals surface area contributed by atoms with Gasteiger partial charge in [0.05, 0.1) is 43.2 Å². The number of anilines is 4. The van der Waals surface area contributed by atoms with E-state index in [9.17, 15) is 8.78 Å². The summed E-state index contributed by atoms with van der Waals surface area (Å²) < 4.78 is 51.3. The summed E-state index contributed by atoms with van der Waals surface area (Å²) in [7, 11) is 3.18. The average Bonchev–Trinajstić information content (AvgIpc) is 3.97. The fourth-order valence-electron chi connectivity index (χ4n) is 7.08. The van der Waals surface area contributed by atoms with Gasteiger partial charge in [-0.2, -0.15) is 0 Å². The smallest absolute Gasteiger partial charge is 0.163 e. The van der Waals surface area contributed by atoms with E-state index >= 15 is 0 Å². The van der Waals surface area contributed by atoms with Crippen LogP contribution >= 0.6 is 23.2 Å². The van der Waals surface area contributed by atoms with Crippen molar-refractivity contribution in [2.45, 2.75) is 32.1 Å². The zero-order valence-electron chi connectivity index (χ0n) is 32.9. The number of hydrogen-bond acceptors (Lipinski definition) is 12. The number of benzene rings is 4. The van der Waals surface area contributed by atoms with E-state index in [4.69, 9.17) is 42.1 Å². The SMILES string of the molecule is COc1cc2c(Nc3ccc(Cl)cc3F)ncnc2cc1OCCCN1CCCC1.COc1cc2c(Nc3ccc(Cl)cc3F)ncnc2cc1OCCN1CCCC1. The maximum absolute atomic E-state index is 14.2. The number of nitrogens with one attached hydrogen (secondary N) is 2. The summed E-state index contributed by atoms with van der Waals surface area (Å²) in [5.41, 5.74) is 1.91. The average molecular weight is 848 g/mol. The number of fused-ring (bicyclic) bond motifs is 2. The first-order chi connectivity index (χ1) is 28.8. The maximum Gasteiger partial charge on any atom is 0.163 e. The standard InChI is InChI=1S/C22H24ClFN4O2.C21H22ClFN4O2/c1-29-20-12-16-19(13-21(20)30-10-4-9-28-7-2-3-8-28)25-14-26-22(16)27-18-6-5-15(23)11-17(18)24;1-28-19-11-15-18(12-20(19)29-9-8-27-6-2-3-7-27)24-13-25-21(15)26-17-5-4-14(22)10-16(17)23/h5-6,11-14H,2-4,7-10H2,1H3,(H,25,26,27);4-5,10-13H,2-3,6-9H2,1H3,(H,24,25,26). The molecule has 4 heterocycles. The van der Waals surface area contributed by atoms with Gasteiger partial charge in [0.1, 0.15) is 42.5 Å². The molecule has 12 nitrogen and oxygen atoms in total. The molecule has 0 bridgehead atoms. The molecule has 0 aliphatic carbocycles. The molecule has 310 valence electrons. The summed E-state index contributed by atoms with van der Waals surface area (Å²) >= 11 is 11.7. The molecule has 2 aromatic heterocycles. The number of likely N-dealkylation sites (tertiary alicyclic amines) is 2. The quantitative estimate of drug-likeness (QED) is 0.0959. The van der Waals surface area contributed by atoms with Crippen LogP contribution in [0.15, 0.2) is 73.3 Å². The lowest BCUT2D eigenvalue weighted by Crippen LogP contribution is -2.25. The highest BCUT2D eigenvalue weighted by Crippen LogP contribution is 2.37. The summed E-state index contributed by atoms with van der Waals surface area (Å²) in [5, 5.41) is 8.08. The van der Waals surface area contributed by atoms with E-state index in [1.165, 1.54) is 63.6 Å². The third-order valence-electron chi connectivity index (χ3n) is 10.1. The van der Waals surface area contributed by atoms with E-state index in [0.717, 1.165) is 32.6 Å². The van der Waals surface area contributed by atoms with Crippen LogP contribution in [0.2, 0.25) is 10.0 Å². The zero-order chi connectivity index (χ0) is 41.1. The number of nitrogens with zero attached hydrogens (tertiary/aromatic N) is 6. The van der Waals surface area contributed by atoms with Crippen LogP contribution in [0.4, 0.5) is 31.8 Å². The van der Waals surface area contributed by atoms with Crippen molar-refractivity contribution >= 4 is 68.0 Å². The highest BCUT2D eigenvalue weighted by atomic mass is 35.5. The Kier molecular flexibility index (Phi) is 14.3. The van der Waals surface area contributed by atoms with Crippen molar-refractivity contribution in [3.63, 3.8) is 0 Å². The molecular formula is C43H46Cl2F2N8O4. The van der Waals surface area contributed by atoms with Crippen molar-refractivity contribution in [1.82, 2.24) is 29.7 Å².